The Kier molecular flexibility index (Phi) is 8.06. The zero-order valence-electron chi connectivity index (χ0n) is 22.9. The number of halogens is 1. The van der Waals surface area contributed by atoms with Crippen molar-refractivity contribution in [3.05, 3.63) is 58.7 Å². The lowest BCUT2D eigenvalue weighted by Gasteiger charge is -2.29. The van der Waals surface area contributed by atoms with Gasteiger partial charge >= 0.3 is 7.82 Å². The highest BCUT2D eigenvalue weighted by molar-refractivity contribution is 7.50. The molecule has 0 aliphatic carbocycles. The van der Waals surface area contributed by atoms with Crippen molar-refractivity contribution in [2.75, 3.05) is 0 Å². The second-order valence-electron chi connectivity index (χ2n) is 13.1. The molecule has 6 heteroatoms. The fourth-order valence-corrected chi connectivity index (χ4v) is 4.67. The number of benzene rings is 2. The number of phosphoric acid groups is 1. The second kappa shape index (κ2) is 9.52. The summed E-state index contributed by atoms with van der Waals surface area (Å²) in [6.07, 6.45) is 0. The Morgan fingerprint density at radius 3 is 1.15 bits per heavy atom. The van der Waals surface area contributed by atoms with E-state index in [0.717, 1.165) is 22.3 Å². The molecule has 4 nitrogen and oxygen atoms in total. The Bertz CT molecular complexity index is 982. The molecule has 2 aromatic carbocycles. The molecule has 0 radical (unpaired) electrons. The normalized spacial score (nSPS) is 13.7. The number of hydrogen-bond acceptors (Lipinski definition) is 4. The predicted octanol–water partition coefficient (Wildman–Crippen LogP) is 9.61. The van der Waals surface area contributed by atoms with Crippen LogP contribution in [0, 0.1) is 0 Å². The van der Waals surface area contributed by atoms with Crippen LogP contribution in [0.2, 0.25) is 0 Å². The quantitative estimate of drug-likeness (QED) is 0.377. The molecule has 190 valence electrons. The predicted molar refractivity (Wildman–Crippen MR) is 143 cm³/mol. The van der Waals surface area contributed by atoms with E-state index in [1.807, 2.05) is 24.3 Å². The van der Waals surface area contributed by atoms with Crippen LogP contribution in [0.5, 0.6) is 11.5 Å². The summed E-state index contributed by atoms with van der Waals surface area (Å²) in [5.74, 6) is 0.848. The smallest absolute Gasteiger partial charge is 0.394 e. The van der Waals surface area contributed by atoms with Gasteiger partial charge in [-0.05, 0) is 44.9 Å². The summed E-state index contributed by atoms with van der Waals surface area (Å²) in [6.45, 7) is 25.4. The third-order valence-corrected chi connectivity index (χ3v) is 7.33. The van der Waals surface area contributed by atoms with Gasteiger partial charge in [-0.25, -0.2) is 4.57 Å². The van der Waals surface area contributed by atoms with Gasteiger partial charge in [-0.15, -0.1) is 0 Å². The van der Waals surface area contributed by atoms with E-state index in [1.165, 1.54) is 0 Å². The summed E-state index contributed by atoms with van der Waals surface area (Å²) in [5, 5.41) is 0. The molecule has 0 atom stereocenters. The first-order valence-corrected chi connectivity index (χ1v) is 13.5. The molecule has 34 heavy (non-hydrogen) atoms. The molecule has 0 aliphatic heterocycles. The maximum atomic E-state index is 13.6. The van der Waals surface area contributed by atoms with Gasteiger partial charge in [0.2, 0.25) is 0 Å². The van der Waals surface area contributed by atoms with Crippen molar-refractivity contribution in [1.29, 1.82) is 0 Å². The minimum atomic E-state index is -4.18. The molecule has 0 unspecified atom stereocenters. The van der Waals surface area contributed by atoms with E-state index in [9.17, 15) is 4.57 Å². The van der Waals surface area contributed by atoms with Crippen molar-refractivity contribution in [2.45, 2.75) is 105 Å². The minimum Gasteiger partial charge on any atom is -0.394 e. The van der Waals surface area contributed by atoms with E-state index in [4.69, 9.17) is 25.0 Å². The van der Waals surface area contributed by atoms with E-state index >= 15 is 0 Å². The van der Waals surface area contributed by atoms with Gasteiger partial charge in [0.25, 0.3) is 0 Å². The topological polar surface area (TPSA) is 44.8 Å². The fourth-order valence-electron chi connectivity index (χ4n) is 3.61. The van der Waals surface area contributed by atoms with Crippen LogP contribution in [0.4, 0.5) is 0 Å². The molecule has 2 aromatic rings. The first-order valence-electron chi connectivity index (χ1n) is 11.8. The molecule has 0 saturated carbocycles. The highest BCUT2D eigenvalue weighted by Gasteiger charge is 2.36. The highest BCUT2D eigenvalue weighted by atomic mass is 35.5. The molecule has 0 amide bonds. The van der Waals surface area contributed by atoms with Crippen LogP contribution in [0.15, 0.2) is 36.4 Å². The van der Waals surface area contributed by atoms with Crippen molar-refractivity contribution in [1.82, 2.24) is 0 Å². The number of phosphoric ester groups is 1. The van der Waals surface area contributed by atoms with Crippen molar-refractivity contribution in [3.8, 4) is 11.5 Å². The monoisotopic (exact) mass is 508 g/mol. The van der Waals surface area contributed by atoms with E-state index in [-0.39, 0.29) is 21.7 Å². The summed E-state index contributed by atoms with van der Waals surface area (Å²) in [5.41, 5.74) is 3.49. The third-order valence-electron chi connectivity index (χ3n) is 5.81. The molecule has 0 aliphatic rings. The second-order valence-corrected chi connectivity index (χ2v) is 14.9. The average Bonchev–Trinajstić information content (AvgIpc) is 2.65. The molecule has 0 N–H and O–H groups in total. The minimum absolute atomic E-state index is 0.0435. The van der Waals surface area contributed by atoms with Gasteiger partial charge in [-0.3, -0.25) is 0 Å². The van der Waals surface area contributed by atoms with Crippen LogP contribution in [-0.2, 0) is 30.3 Å². The lowest BCUT2D eigenvalue weighted by Crippen LogP contribution is -2.19. The summed E-state index contributed by atoms with van der Waals surface area (Å²) in [6, 6.07) is 11.8. The zero-order valence-corrected chi connectivity index (χ0v) is 24.6. The van der Waals surface area contributed by atoms with E-state index in [0.29, 0.717) is 11.5 Å². The molecule has 0 saturated heterocycles. The van der Waals surface area contributed by atoms with Crippen molar-refractivity contribution in [2.24, 2.45) is 0 Å². The Morgan fingerprint density at radius 2 is 0.912 bits per heavy atom. The molecule has 0 bridgehead atoms. The molecular formula is C28H42ClO4P. The molecular weight excluding hydrogens is 467 g/mol. The van der Waals surface area contributed by atoms with Crippen LogP contribution < -0.4 is 9.05 Å². The summed E-state index contributed by atoms with van der Waals surface area (Å²) < 4.78 is 30.4. The van der Waals surface area contributed by atoms with Crippen molar-refractivity contribution in [3.63, 3.8) is 0 Å². The lowest BCUT2D eigenvalue weighted by molar-refractivity contribution is 0.302. The number of hydrogen-bond donors (Lipinski definition) is 0. The summed E-state index contributed by atoms with van der Waals surface area (Å²) >= 11 is 5.74. The van der Waals surface area contributed by atoms with Gasteiger partial charge < -0.3 is 9.05 Å². The fraction of sp³-hybridized carbons (Fsp3) is 0.571. The van der Waals surface area contributed by atoms with Gasteiger partial charge in [0.15, 0.2) is 0 Å². The standard InChI is InChI=1S/C28H42ClO4P/c1-25(2,3)19-13-15-23(21(17-19)27(7,8)9)31-34(30,33-29)32-24-16-14-20(26(4,5)6)18-22(24)28(10,11)12/h13-18H,1-12H3. The molecule has 0 aromatic heterocycles. The Labute approximate surface area is 212 Å². The van der Waals surface area contributed by atoms with Gasteiger partial charge in [-0.1, -0.05) is 107 Å². The molecule has 0 spiro atoms. The zero-order chi connectivity index (χ0) is 26.3. The van der Waals surface area contributed by atoms with Crippen LogP contribution in [0.1, 0.15) is 105 Å². The first-order chi connectivity index (χ1) is 15.2. The lowest BCUT2D eigenvalue weighted by atomic mass is 9.80. The molecule has 0 heterocycles. The van der Waals surface area contributed by atoms with Gasteiger partial charge in [0, 0.05) is 11.1 Å². The van der Waals surface area contributed by atoms with Crippen LogP contribution in [-0.4, -0.2) is 0 Å². The SMILES string of the molecule is CC(C)(C)c1ccc(OP(=O)(OCl)Oc2ccc(C(C)(C)C)cc2C(C)(C)C)c(C(C)(C)C)c1. The largest absolute Gasteiger partial charge is 0.604 e. The van der Waals surface area contributed by atoms with E-state index in [2.05, 4.69) is 95.2 Å². The van der Waals surface area contributed by atoms with Gasteiger partial charge in [0.1, 0.15) is 11.5 Å². The van der Waals surface area contributed by atoms with Gasteiger partial charge in [0.05, 0.1) is 11.9 Å². The molecule has 2 rings (SSSR count). The Hall–Kier alpha value is -1.48. The Morgan fingerprint density at radius 1 is 0.588 bits per heavy atom. The van der Waals surface area contributed by atoms with Crippen LogP contribution >= 0.6 is 19.7 Å². The Balaban J connectivity index is 2.55. The van der Waals surface area contributed by atoms with Gasteiger partial charge in [-0.2, -0.15) is 4.08 Å². The van der Waals surface area contributed by atoms with Crippen LogP contribution in [0.3, 0.4) is 0 Å². The van der Waals surface area contributed by atoms with Crippen molar-refractivity contribution < 1.29 is 17.7 Å². The van der Waals surface area contributed by atoms with Crippen molar-refractivity contribution >= 4 is 19.7 Å². The summed E-state index contributed by atoms with van der Waals surface area (Å²) in [4.78, 5) is 0. The highest BCUT2D eigenvalue weighted by Crippen LogP contribution is 2.54. The molecule has 0 fully saturated rings. The van der Waals surface area contributed by atoms with E-state index in [1.54, 1.807) is 0 Å². The third kappa shape index (κ3) is 7.03. The van der Waals surface area contributed by atoms with E-state index < -0.39 is 7.82 Å². The number of rotatable bonds is 5. The first kappa shape index (κ1) is 28.8. The average molecular weight is 509 g/mol. The maximum Gasteiger partial charge on any atom is 0.604 e. The van der Waals surface area contributed by atoms with Crippen LogP contribution in [0.25, 0.3) is 0 Å². The maximum absolute atomic E-state index is 13.6. The summed E-state index contributed by atoms with van der Waals surface area (Å²) in [7, 11) is -4.18.